The number of rotatable bonds is 2. The molecule has 2 aliphatic rings. The topological polar surface area (TPSA) is 17.1 Å². The van der Waals surface area contributed by atoms with Crippen LogP contribution >= 0.6 is 0 Å². The van der Waals surface area contributed by atoms with E-state index in [9.17, 15) is 4.79 Å². The molecule has 0 heterocycles. The maximum atomic E-state index is 11.4. The first kappa shape index (κ1) is 11.0. The second-order valence-corrected chi connectivity index (χ2v) is 5.79. The van der Waals surface area contributed by atoms with E-state index in [0.29, 0.717) is 17.8 Å². The van der Waals surface area contributed by atoms with Crippen LogP contribution in [0.1, 0.15) is 17.9 Å². The van der Waals surface area contributed by atoms with Gasteiger partial charge in [-0.3, -0.25) is 0 Å². The number of aldehydes is 1. The van der Waals surface area contributed by atoms with Crippen molar-refractivity contribution in [3.8, 4) is 0 Å². The van der Waals surface area contributed by atoms with Crippen molar-refractivity contribution >= 4 is 17.1 Å². The molecule has 1 fully saturated rings. The Bertz CT molecular complexity index is 670. The van der Waals surface area contributed by atoms with Crippen LogP contribution in [0.3, 0.4) is 0 Å². The number of hydrogen-bond acceptors (Lipinski definition) is 1. The van der Waals surface area contributed by atoms with Gasteiger partial charge in [-0.05, 0) is 34.6 Å². The zero-order chi connectivity index (χ0) is 12.8. The maximum Gasteiger partial charge on any atom is 0.124 e. The summed E-state index contributed by atoms with van der Waals surface area (Å²) in [4.78, 5) is 11.4. The average Bonchev–Trinajstić information content (AvgIpc) is 3.07. The summed E-state index contributed by atoms with van der Waals surface area (Å²) in [7, 11) is 0. The quantitative estimate of drug-likeness (QED) is 0.581. The van der Waals surface area contributed by atoms with Crippen LogP contribution in [-0.4, -0.2) is 6.29 Å². The van der Waals surface area contributed by atoms with E-state index in [1.165, 1.54) is 22.6 Å². The third-order valence-electron chi connectivity index (χ3n) is 4.84. The zero-order valence-electron chi connectivity index (χ0n) is 10.7. The largest absolute Gasteiger partial charge is 0.303 e. The Morgan fingerprint density at radius 1 is 0.947 bits per heavy atom. The maximum absolute atomic E-state index is 11.4. The van der Waals surface area contributed by atoms with Crippen molar-refractivity contribution in [2.75, 3.05) is 0 Å². The van der Waals surface area contributed by atoms with E-state index >= 15 is 0 Å². The van der Waals surface area contributed by atoms with E-state index in [2.05, 4.69) is 54.6 Å². The first-order valence-electron chi connectivity index (χ1n) is 6.99. The SMILES string of the molecule is O=C[C@@H]1[C@@H](c2ccc3ccccc3c2)[C@@H]2C=C[C@H]1C2. The zero-order valence-corrected chi connectivity index (χ0v) is 10.7. The highest BCUT2D eigenvalue weighted by Crippen LogP contribution is 2.52. The highest BCUT2D eigenvalue weighted by atomic mass is 16.1. The molecule has 1 saturated carbocycles. The van der Waals surface area contributed by atoms with Crippen molar-refractivity contribution in [3.63, 3.8) is 0 Å². The molecule has 0 amide bonds. The highest BCUT2D eigenvalue weighted by molar-refractivity contribution is 5.83. The molecule has 19 heavy (non-hydrogen) atoms. The van der Waals surface area contributed by atoms with Crippen LogP contribution in [0.5, 0.6) is 0 Å². The van der Waals surface area contributed by atoms with Gasteiger partial charge in [-0.2, -0.15) is 0 Å². The van der Waals surface area contributed by atoms with Crippen molar-refractivity contribution in [1.82, 2.24) is 0 Å². The molecule has 2 aromatic rings. The van der Waals surface area contributed by atoms with Crippen LogP contribution in [0.25, 0.3) is 10.8 Å². The van der Waals surface area contributed by atoms with E-state index in [0.717, 1.165) is 6.42 Å². The van der Waals surface area contributed by atoms with E-state index in [1.54, 1.807) is 0 Å². The lowest BCUT2D eigenvalue weighted by molar-refractivity contribution is -0.112. The highest BCUT2D eigenvalue weighted by Gasteiger charge is 2.44. The van der Waals surface area contributed by atoms with Gasteiger partial charge >= 0.3 is 0 Å². The summed E-state index contributed by atoms with van der Waals surface area (Å²) >= 11 is 0. The second-order valence-electron chi connectivity index (χ2n) is 5.79. The van der Waals surface area contributed by atoms with Gasteiger partial charge in [0, 0.05) is 11.8 Å². The summed E-state index contributed by atoms with van der Waals surface area (Å²) < 4.78 is 0. The van der Waals surface area contributed by atoms with E-state index < -0.39 is 0 Å². The predicted molar refractivity (Wildman–Crippen MR) is 77.0 cm³/mol. The summed E-state index contributed by atoms with van der Waals surface area (Å²) in [6.07, 6.45) is 6.88. The van der Waals surface area contributed by atoms with Gasteiger partial charge in [0.05, 0.1) is 0 Å². The molecule has 4 rings (SSSR count). The lowest BCUT2D eigenvalue weighted by atomic mass is 9.79. The summed E-state index contributed by atoms with van der Waals surface area (Å²) in [6.45, 7) is 0. The molecule has 0 saturated heterocycles. The third kappa shape index (κ3) is 1.58. The van der Waals surface area contributed by atoms with Gasteiger partial charge < -0.3 is 4.79 Å². The van der Waals surface area contributed by atoms with Gasteiger partial charge in [0.1, 0.15) is 6.29 Å². The number of fused-ring (bicyclic) bond motifs is 3. The van der Waals surface area contributed by atoms with Gasteiger partial charge in [-0.25, -0.2) is 0 Å². The Morgan fingerprint density at radius 3 is 2.58 bits per heavy atom. The number of allylic oxidation sites excluding steroid dienone is 2. The molecule has 2 aliphatic carbocycles. The van der Waals surface area contributed by atoms with Gasteiger partial charge in [-0.1, -0.05) is 54.6 Å². The van der Waals surface area contributed by atoms with Gasteiger partial charge in [0.2, 0.25) is 0 Å². The van der Waals surface area contributed by atoms with Crippen LogP contribution in [0.2, 0.25) is 0 Å². The molecule has 94 valence electrons. The van der Waals surface area contributed by atoms with Crippen molar-refractivity contribution in [2.24, 2.45) is 17.8 Å². The van der Waals surface area contributed by atoms with Crippen LogP contribution in [0.4, 0.5) is 0 Å². The minimum Gasteiger partial charge on any atom is -0.303 e. The summed E-state index contributed by atoms with van der Waals surface area (Å²) in [5.74, 6) is 1.59. The fourth-order valence-corrected chi connectivity index (χ4v) is 3.93. The molecule has 2 aromatic carbocycles. The fourth-order valence-electron chi connectivity index (χ4n) is 3.93. The molecule has 0 spiro atoms. The Labute approximate surface area is 112 Å². The first-order valence-corrected chi connectivity index (χ1v) is 6.99. The molecule has 1 nitrogen and oxygen atoms in total. The molecule has 4 atom stereocenters. The van der Waals surface area contributed by atoms with Crippen LogP contribution in [0, 0.1) is 17.8 Å². The van der Waals surface area contributed by atoms with Crippen molar-refractivity contribution in [3.05, 3.63) is 60.2 Å². The van der Waals surface area contributed by atoms with Gasteiger partial charge in [0.25, 0.3) is 0 Å². The van der Waals surface area contributed by atoms with E-state index in [1.807, 2.05) is 0 Å². The summed E-state index contributed by atoms with van der Waals surface area (Å²) in [6, 6.07) is 15.1. The molecule has 0 aromatic heterocycles. The third-order valence-corrected chi connectivity index (χ3v) is 4.84. The van der Waals surface area contributed by atoms with Crippen molar-refractivity contribution < 1.29 is 4.79 Å². The Morgan fingerprint density at radius 2 is 1.74 bits per heavy atom. The first-order chi connectivity index (χ1) is 9.36. The van der Waals surface area contributed by atoms with Gasteiger partial charge in [0.15, 0.2) is 0 Å². The van der Waals surface area contributed by atoms with E-state index in [-0.39, 0.29) is 5.92 Å². The number of benzene rings is 2. The second kappa shape index (κ2) is 4.06. The van der Waals surface area contributed by atoms with Crippen molar-refractivity contribution in [1.29, 1.82) is 0 Å². The Kier molecular flexibility index (Phi) is 2.34. The monoisotopic (exact) mass is 248 g/mol. The van der Waals surface area contributed by atoms with Crippen LogP contribution in [-0.2, 0) is 4.79 Å². The normalized spacial score (nSPS) is 32.0. The lowest BCUT2D eigenvalue weighted by Gasteiger charge is -2.24. The standard InChI is InChI=1S/C18H16O/c19-11-17-14-6-8-16(10-14)18(17)15-7-5-12-3-1-2-4-13(12)9-15/h1-9,11,14,16-18H,10H2/t14-,16+,17-,18-/m0/s1. The molecule has 0 radical (unpaired) electrons. The lowest BCUT2D eigenvalue weighted by Crippen LogP contribution is -2.18. The molecule has 1 heteroatoms. The molecular weight excluding hydrogens is 232 g/mol. The van der Waals surface area contributed by atoms with Gasteiger partial charge in [-0.15, -0.1) is 0 Å². The molecule has 0 unspecified atom stereocenters. The van der Waals surface area contributed by atoms with Crippen LogP contribution < -0.4 is 0 Å². The predicted octanol–water partition coefficient (Wildman–Crippen LogP) is 3.94. The van der Waals surface area contributed by atoms with Crippen molar-refractivity contribution in [2.45, 2.75) is 12.3 Å². The number of carbonyl (C=O) groups is 1. The Hall–Kier alpha value is -1.89. The molecule has 0 N–H and O–H groups in total. The minimum absolute atomic E-state index is 0.177. The van der Waals surface area contributed by atoms with E-state index in [4.69, 9.17) is 0 Å². The molecular formula is C18H16O. The molecule has 0 aliphatic heterocycles. The molecule has 2 bridgehead atoms. The number of carbonyl (C=O) groups excluding carboxylic acids is 1. The van der Waals surface area contributed by atoms with Crippen LogP contribution in [0.15, 0.2) is 54.6 Å². The summed E-state index contributed by atoms with van der Waals surface area (Å²) in [5.41, 5.74) is 1.33. The average molecular weight is 248 g/mol. The fraction of sp³-hybridized carbons (Fsp3) is 0.278. The Balaban J connectivity index is 1.81. The summed E-state index contributed by atoms with van der Waals surface area (Å²) in [5, 5.41) is 2.55. The smallest absolute Gasteiger partial charge is 0.124 e. The number of hydrogen-bond donors (Lipinski definition) is 0. The minimum atomic E-state index is 0.177.